The number of nitrogens with zero attached hydrogens (tertiary/aromatic N) is 2. The van der Waals surface area contributed by atoms with E-state index in [1.165, 1.54) is 18.5 Å². The highest BCUT2D eigenvalue weighted by Crippen LogP contribution is 2.22. The van der Waals surface area contributed by atoms with E-state index in [2.05, 4.69) is 15.5 Å². The minimum absolute atomic E-state index is 0.00745. The van der Waals surface area contributed by atoms with Crippen molar-refractivity contribution >= 4 is 23.9 Å². The summed E-state index contributed by atoms with van der Waals surface area (Å²) < 4.78 is 13.4. The van der Waals surface area contributed by atoms with Gasteiger partial charge in [-0.25, -0.2) is 9.82 Å². The van der Waals surface area contributed by atoms with Crippen molar-refractivity contribution in [3.05, 3.63) is 53.1 Å². The Morgan fingerprint density at radius 2 is 2.21 bits per heavy atom. The van der Waals surface area contributed by atoms with Gasteiger partial charge in [-0.1, -0.05) is 12.1 Å². The number of carbonyl (C=O) groups is 1. The minimum atomic E-state index is -0.421. The van der Waals surface area contributed by atoms with Gasteiger partial charge in [0.15, 0.2) is 0 Å². The SMILES string of the molecule is Cc1ncc(CO)c(/C=N/NC(=O)CSc2ccccc2F)c1O. The molecule has 0 unspecified atom stereocenters. The first-order chi connectivity index (χ1) is 11.5. The number of hydrazone groups is 1. The molecule has 126 valence electrons. The predicted molar refractivity (Wildman–Crippen MR) is 89.4 cm³/mol. The molecule has 8 heteroatoms. The van der Waals surface area contributed by atoms with E-state index in [1.54, 1.807) is 25.1 Å². The molecule has 24 heavy (non-hydrogen) atoms. The number of aromatic hydroxyl groups is 1. The molecular formula is C16H16FN3O3S. The second kappa shape index (κ2) is 8.42. The highest BCUT2D eigenvalue weighted by atomic mass is 32.2. The van der Waals surface area contributed by atoms with E-state index in [1.807, 2.05) is 0 Å². The Hall–Kier alpha value is -2.45. The van der Waals surface area contributed by atoms with Gasteiger partial charge < -0.3 is 10.2 Å². The van der Waals surface area contributed by atoms with E-state index in [4.69, 9.17) is 0 Å². The summed E-state index contributed by atoms with van der Waals surface area (Å²) in [7, 11) is 0. The van der Waals surface area contributed by atoms with Crippen molar-refractivity contribution in [1.82, 2.24) is 10.4 Å². The van der Waals surface area contributed by atoms with E-state index >= 15 is 0 Å². The van der Waals surface area contributed by atoms with Crippen molar-refractivity contribution in [3.8, 4) is 5.75 Å². The van der Waals surface area contributed by atoms with E-state index < -0.39 is 5.91 Å². The van der Waals surface area contributed by atoms with Crippen molar-refractivity contribution < 1.29 is 19.4 Å². The predicted octanol–water partition coefficient (Wildman–Crippen LogP) is 1.97. The summed E-state index contributed by atoms with van der Waals surface area (Å²) in [6.07, 6.45) is 2.66. The van der Waals surface area contributed by atoms with Crippen LogP contribution in [0, 0.1) is 12.7 Å². The lowest BCUT2D eigenvalue weighted by Crippen LogP contribution is -2.19. The number of aliphatic hydroxyl groups excluding tert-OH is 1. The molecule has 0 radical (unpaired) electrons. The highest BCUT2D eigenvalue weighted by Gasteiger charge is 2.10. The van der Waals surface area contributed by atoms with Crippen molar-refractivity contribution in [3.63, 3.8) is 0 Å². The summed E-state index contributed by atoms with van der Waals surface area (Å²) in [5, 5.41) is 22.9. The molecule has 0 spiro atoms. The van der Waals surface area contributed by atoms with Crippen LogP contribution in [0.2, 0.25) is 0 Å². The van der Waals surface area contributed by atoms with Crippen LogP contribution >= 0.6 is 11.8 Å². The molecule has 1 amide bonds. The third kappa shape index (κ3) is 4.53. The number of hydrogen-bond donors (Lipinski definition) is 3. The van der Waals surface area contributed by atoms with Gasteiger partial charge in [-0.05, 0) is 19.1 Å². The van der Waals surface area contributed by atoms with Crippen LogP contribution < -0.4 is 5.43 Å². The van der Waals surface area contributed by atoms with E-state index in [0.717, 1.165) is 11.8 Å². The number of pyridine rings is 1. The third-order valence-corrected chi connectivity index (χ3v) is 4.16. The topological polar surface area (TPSA) is 94.8 Å². The number of rotatable bonds is 6. The molecule has 0 saturated carbocycles. The number of nitrogens with one attached hydrogen (secondary N) is 1. The molecule has 1 aromatic heterocycles. The maximum Gasteiger partial charge on any atom is 0.250 e. The fraction of sp³-hybridized carbons (Fsp3) is 0.188. The number of hydrogen-bond acceptors (Lipinski definition) is 6. The summed E-state index contributed by atoms with van der Waals surface area (Å²) in [5.74, 6) is -0.925. The van der Waals surface area contributed by atoms with Crippen molar-refractivity contribution in [2.24, 2.45) is 5.10 Å². The number of benzene rings is 1. The Balaban J connectivity index is 1.96. The quantitative estimate of drug-likeness (QED) is 0.421. The Morgan fingerprint density at radius 3 is 2.92 bits per heavy atom. The average Bonchev–Trinajstić information content (AvgIpc) is 2.58. The number of halogens is 1. The smallest absolute Gasteiger partial charge is 0.250 e. The molecule has 2 aromatic rings. The van der Waals surface area contributed by atoms with Crippen LogP contribution in [0.1, 0.15) is 16.8 Å². The molecule has 2 rings (SSSR count). The Labute approximate surface area is 142 Å². The third-order valence-electron chi connectivity index (χ3n) is 3.11. The largest absolute Gasteiger partial charge is 0.505 e. The summed E-state index contributed by atoms with van der Waals surface area (Å²) in [5.41, 5.74) is 3.35. The highest BCUT2D eigenvalue weighted by molar-refractivity contribution is 8.00. The summed E-state index contributed by atoms with van der Waals surface area (Å²) >= 11 is 1.05. The fourth-order valence-electron chi connectivity index (χ4n) is 1.83. The Morgan fingerprint density at radius 1 is 1.46 bits per heavy atom. The van der Waals surface area contributed by atoms with Crippen molar-refractivity contribution in [2.75, 3.05) is 5.75 Å². The number of amides is 1. The lowest BCUT2D eigenvalue weighted by atomic mass is 10.1. The van der Waals surface area contributed by atoms with Crippen molar-refractivity contribution in [2.45, 2.75) is 18.4 Å². The molecule has 0 fully saturated rings. The van der Waals surface area contributed by atoms with Crippen LogP contribution in [0.25, 0.3) is 0 Å². The van der Waals surface area contributed by atoms with E-state index in [-0.39, 0.29) is 29.5 Å². The van der Waals surface area contributed by atoms with Gasteiger partial charge in [-0.15, -0.1) is 11.8 Å². The zero-order chi connectivity index (χ0) is 17.5. The molecule has 1 heterocycles. The molecule has 0 aliphatic carbocycles. The maximum atomic E-state index is 13.4. The van der Waals surface area contributed by atoms with Crippen LogP contribution in [-0.2, 0) is 11.4 Å². The van der Waals surface area contributed by atoms with Gasteiger partial charge in [0.25, 0.3) is 0 Å². The fourth-order valence-corrected chi connectivity index (χ4v) is 2.56. The molecule has 0 aliphatic heterocycles. The first kappa shape index (κ1) is 17.9. The first-order valence-electron chi connectivity index (χ1n) is 7.00. The molecule has 6 nitrogen and oxygen atoms in total. The van der Waals surface area contributed by atoms with Gasteiger partial charge in [-0.2, -0.15) is 5.10 Å². The minimum Gasteiger partial charge on any atom is -0.505 e. The van der Waals surface area contributed by atoms with Crippen LogP contribution in [0.3, 0.4) is 0 Å². The molecule has 3 N–H and O–H groups in total. The van der Waals surface area contributed by atoms with Gasteiger partial charge >= 0.3 is 0 Å². The lowest BCUT2D eigenvalue weighted by molar-refractivity contribution is -0.118. The van der Waals surface area contributed by atoms with Crippen LogP contribution in [0.15, 0.2) is 40.5 Å². The zero-order valence-electron chi connectivity index (χ0n) is 12.9. The lowest BCUT2D eigenvalue weighted by Gasteiger charge is -2.07. The number of aryl methyl sites for hydroxylation is 1. The van der Waals surface area contributed by atoms with Gasteiger partial charge in [0.05, 0.1) is 24.3 Å². The number of thioether (sulfide) groups is 1. The van der Waals surface area contributed by atoms with E-state index in [9.17, 15) is 19.4 Å². The molecule has 0 aliphatic rings. The summed E-state index contributed by atoms with van der Waals surface area (Å²) in [4.78, 5) is 16.0. The summed E-state index contributed by atoms with van der Waals surface area (Å²) in [6, 6.07) is 6.17. The van der Waals surface area contributed by atoms with Crippen molar-refractivity contribution in [1.29, 1.82) is 0 Å². The number of aliphatic hydroxyl groups is 1. The zero-order valence-corrected chi connectivity index (χ0v) is 13.7. The first-order valence-corrected chi connectivity index (χ1v) is 7.99. The summed E-state index contributed by atoms with van der Waals surface area (Å²) in [6.45, 7) is 1.29. The van der Waals surface area contributed by atoms with Gasteiger partial charge in [0.2, 0.25) is 5.91 Å². The maximum absolute atomic E-state index is 13.4. The van der Waals surface area contributed by atoms with Gasteiger partial charge in [-0.3, -0.25) is 9.78 Å². The standard InChI is InChI=1S/C16H16FN3O3S/c1-10-16(23)12(11(8-21)6-18-10)7-19-20-15(22)9-24-14-5-3-2-4-13(14)17/h2-7,21,23H,8-9H2,1H3,(H,20,22)/b19-7+. The van der Waals surface area contributed by atoms with Gasteiger partial charge in [0.1, 0.15) is 11.6 Å². The molecular weight excluding hydrogens is 333 g/mol. The second-order valence-corrected chi connectivity index (χ2v) is 5.82. The monoisotopic (exact) mass is 349 g/mol. The van der Waals surface area contributed by atoms with Gasteiger partial charge in [0, 0.05) is 22.2 Å². The Bertz CT molecular complexity index is 768. The normalized spacial score (nSPS) is 11.0. The van der Waals surface area contributed by atoms with E-state index in [0.29, 0.717) is 16.2 Å². The van der Waals surface area contributed by atoms with Crippen LogP contribution in [-0.4, -0.2) is 33.1 Å². The molecule has 0 atom stereocenters. The molecule has 1 aromatic carbocycles. The van der Waals surface area contributed by atoms with Crippen LogP contribution in [0.5, 0.6) is 5.75 Å². The molecule has 0 saturated heterocycles. The Kier molecular flexibility index (Phi) is 6.28. The second-order valence-electron chi connectivity index (χ2n) is 4.80. The molecule has 0 bridgehead atoms. The number of carbonyl (C=O) groups excluding carboxylic acids is 1. The average molecular weight is 349 g/mol. The number of aromatic nitrogens is 1. The van der Waals surface area contributed by atoms with Crippen LogP contribution in [0.4, 0.5) is 4.39 Å².